The van der Waals surface area contributed by atoms with E-state index in [1.165, 1.54) is 16.3 Å². The van der Waals surface area contributed by atoms with E-state index >= 15 is 0 Å². The second-order valence-corrected chi connectivity index (χ2v) is 4.33. The van der Waals surface area contributed by atoms with Crippen LogP contribution in [0.15, 0.2) is 36.4 Å². The Labute approximate surface area is 95.2 Å². The quantitative estimate of drug-likeness (QED) is 0.827. The molecule has 2 aromatic carbocycles. The van der Waals surface area contributed by atoms with Crippen LogP contribution in [0, 0.1) is 6.92 Å². The van der Waals surface area contributed by atoms with Crippen LogP contribution in [-0.4, -0.2) is 19.2 Å². The summed E-state index contributed by atoms with van der Waals surface area (Å²) in [6, 6.07) is 12.7. The molecule has 0 atom stereocenters. The molecule has 0 radical (unpaired) electrons. The summed E-state index contributed by atoms with van der Waals surface area (Å²) in [5, 5.41) is 5.69. The maximum absolute atomic E-state index is 6.03. The van der Waals surface area contributed by atoms with Crippen molar-refractivity contribution >= 4 is 10.8 Å². The van der Waals surface area contributed by atoms with Crippen LogP contribution in [0.25, 0.3) is 10.8 Å². The molecule has 0 spiro atoms. The lowest BCUT2D eigenvalue weighted by Crippen LogP contribution is -2.50. The van der Waals surface area contributed by atoms with E-state index in [-0.39, 0.29) is 0 Å². The monoisotopic (exact) mass is 213 g/mol. The van der Waals surface area contributed by atoms with Crippen molar-refractivity contribution in [3.8, 4) is 5.75 Å². The first-order valence-electron chi connectivity index (χ1n) is 5.70. The van der Waals surface area contributed by atoms with Gasteiger partial charge in [0.2, 0.25) is 0 Å². The lowest BCUT2D eigenvalue weighted by atomic mass is 10.1. The van der Waals surface area contributed by atoms with E-state index in [0.717, 1.165) is 18.8 Å². The lowest BCUT2D eigenvalue weighted by Gasteiger charge is -2.29. The Morgan fingerprint density at radius 3 is 2.69 bits per heavy atom. The zero-order valence-corrected chi connectivity index (χ0v) is 9.36. The van der Waals surface area contributed by atoms with Crippen LogP contribution in [0.3, 0.4) is 0 Å². The molecule has 1 aliphatic rings. The Kier molecular flexibility index (Phi) is 2.29. The number of rotatable bonds is 2. The molecule has 0 aliphatic carbocycles. The normalized spacial score (nSPS) is 16.1. The predicted octanol–water partition coefficient (Wildman–Crippen LogP) is 2.50. The van der Waals surface area contributed by atoms with Crippen molar-refractivity contribution in [1.29, 1.82) is 0 Å². The van der Waals surface area contributed by atoms with Gasteiger partial charge in [-0.3, -0.25) is 0 Å². The summed E-state index contributed by atoms with van der Waals surface area (Å²) in [7, 11) is 0. The summed E-state index contributed by atoms with van der Waals surface area (Å²) in [6.07, 6.45) is 0.338. The summed E-state index contributed by atoms with van der Waals surface area (Å²) in [5.74, 6) is 1.05. The van der Waals surface area contributed by atoms with Crippen molar-refractivity contribution in [2.75, 3.05) is 13.1 Å². The number of benzene rings is 2. The van der Waals surface area contributed by atoms with Gasteiger partial charge in [-0.25, -0.2) is 0 Å². The number of hydrogen-bond donors (Lipinski definition) is 1. The second kappa shape index (κ2) is 3.80. The van der Waals surface area contributed by atoms with E-state index in [2.05, 4.69) is 48.6 Å². The lowest BCUT2D eigenvalue weighted by molar-refractivity contribution is 0.143. The van der Waals surface area contributed by atoms with Crippen molar-refractivity contribution < 1.29 is 4.74 Å². The molecule has 3 rings (SSSR count). The number of aryl methyl sites for hydroxylation is 1. The first-order valence-corrected chi connectivity index (χ1v) is 5.70. The zero-order chi connectivity index (χ0) is 11.0. The van der Waals surface area contributed by atoms with Gasteiger partial charge in [-0.1, -0.05) is 36.4 Å². The summed E-state index contributed by atoms with van der Waals surface area (Å²) in [5.41, 5.74) is 1.21. The molecule has 1 N–H and O–H groups in total. The molecule has 16 heavy (non-hydrogen) atoms. The van der Waals surface area contributed by atoms with Gasteiger partial charge in [0, 0.05) is 18.5 Å². The Bertz CT molecular complexity index is 517. The topological polar surface area (TPSA) is 21.3 Å². The highest BCUT2D eigenvalue weighted by molar-refractivity contribution is 5.89. The van der Waals surface area contributed by atoms with Gasteiger partial charge in [0.1, 0.15) is 11.9 Å². The fraction of sp³-hybridized carbons (Fsp3) is 0.286. The van der Waals surface area contributed by atoms with Gasteiger partial charge >= 0.3 is 0 Å². The molecule has 0 aromatic heterocycles. The van der Waals surface area contributed by atoms with E-state index in [4.69, 9.17) is 4.74 Å². The Morgan fingerprint density at radius 2 is 1.94 bits per heavy atom. The average Bonchev–Trinajstić information content (AvgIpc) is 2.25. The van der Waals surface area contributed by atoms with E-state index in [0.29, 0.717) is 6.10 Å². The van der Waals surface area contributed by atoms with Gasteiger partial charge in [-0.15, -0.1) is 0 Å². The Morgan fingerprint density at radius 1 is 1.12 bits per heavy atom. The van der Waals surface area contributed by atoms with Crippen molar-refractivity contribution in [3.05, 3.63) is 42.0 Å². The van der Waals surface area contributed by atoms with Crippen LogP contribution >= 0.6 is 0 Å². The predicted molar refractivity (Wildman–Crippen MR) is 66.0 cm³/mol. The molecular formula is C14H15NO. The SMILES string of the molecule is Cc1ccc2ccccc2c1OC1CNC1. The van der Waals surface area contributed by atoms with Gasteiger partial charge < -0.3 is 10.1 Å². The van der Waals surface area contributed by atoms with E-state index < -0.39 is 0 Å². The molecular weight excluding hydrogens is 198 g/mol. The summed E-state index contributed by atoms with van der Waals surface area (Å²) in [4.78, 5) is 0. The highest BCUT2D eigenvalue weighted by atomic mass is 16.5. The molecule has 1 saturated heterocycles. The number of fused-ring (bicyclic) bond motifs is 1. The molecule has 0 unspecified atom stereocenters. The molecule has 1 aliphatic heterocycles. The van der Waals surface area contributed by atoms with Crippen LogP contribution in [0.5, 0.6) is 5.75 Å². The minimum atomic E-state index is 0.338. The molecule has 1 heterocycles. The first kappa shape index (κ1) is 9.67. The smallest absolute Gasteiger partial charge is 0.130 e. The fourth-order valence-electron chi connectivity index (χ4n) is 2.02. The van der Waals surface area contributed by atoms with Crippen LogP contribution in [0.1, 0.15) is 5.56 Å². The van der Waals surface area contributed by atoms with Gasteiger partial charge in [-0.05, 0) is 17.9 Å². The molecule has 0 amide bonds. The van der Waals surface area contributed by atoms with Crippen LogP contribution < -0.4 is 10.1 Å². The number of hydrogen-bond acceptors (Lipinski definition) is 2. The van der Waals surface area contributed by atoms with Gasteiger partial charge in [0.05, 0.1) is 0 Å². The summed E-state index contributed by atoms with van der Waals surface area (Å²) in [6.45, 7) is 4.03. The van der Waals surface area contributed by atoms with E-state index in [1.807, 2.05) is 0 Å². The van der Waals surface area contributed by atoms with Crippen LogP contribution in [0.2, 0.25) is 0 Å². The molecule has 0 saturated carbocycles. The third-order valence-electron chi connectivity index (χ3n) is 3.10. The molecule has 2 heteroatoms. The van der Waals surface area contributed by atoms with Gasteiger partial charge in [0.15, 0.2) is 0 Å². The largest absolute Gasteiger partial charge is 0.487 e. The maximum atomic E-state index is 6.03. The van der Waals surface area contributed by atoms with Crippen molar-refractivity contribution in [1.82, 2.24) is 5.32 Å². The molecule has 1 fully saturated rings. The Balaban J connectivity index is 2.08. The summed E-state index contributed by atoms with van der Waals surface area (Å²) >= 11 is 0. The molecule has 0 bridgehead atoms. The third-order valence-corrected chi connectivity index (χ3v) is 3.10. The summed E-state index contributed by atoms with van der Waals surface area (Å²) < 4.78 is 6.03. The average molecular weight is 213 g/mol. The van der Waals surface area contributed by atoms with Crippen molar-refractivity contribution in [2.24, 2.45) is 0 Å². The zero-order valence-electron chi connectivity index (χ0n) is 9.36. The van der Waals surface area contributed by atoms with E-state index in [1.54, 1.807) is 0 Å². The second-order valence-electron chi connectivity index (χ2n) is 4.33. The standard InChI is InChI=1S/C14H15NO/c1-10-6-7-11-4-2-3-5-13(11)14(10)16-12-8-15-9-12/h2-7,12,15H,8-9H2,1H3. The number of nitrogens with one attached hydrogen (secondary N) is 1. The highest BCUT2D eigenvalue weighted by Crippen LogP contribution is 2.30. The fourth-order valence-corrected chi connectivity index (χ4v) is 2.02. The Hall–Kier alpha value is -1.54. The van der Waals surface area contributed by atoms with Crippen LogP contribution in [0.4, 0.5) is 0 Å². The number of ether oxygens (including phenoxy) is 1. The minimum Gasteiger partial charge on any atom is -0.487 e. The van der Waals surface area contributed by atoms with Gasteiger partial charge in [-0.2, -0.15) is 0 Å². The van der Waals surface area contributed by atoms with Crippen molar-refractivity contribution in [2.45, 2.75) is 13.0 Å². The molecule has 82 valence electrons. The van der Waals surface area contributed by atoms with Crippen LogP contribution in [-0.2, 0) is 0 Å². The molecule has 2 nitrogen and oxygen atoms in total. The molecule has 2 aromatic rings. The van der Waals surface area contributed by atoms with Crippen molar-refractivity contribution in [3.63, 3.8) is 0 Å². The third kappa shape index (κ3) is 1.55. The maximum Gasteiger partial charge on any atom is 0.130 e. The van der Waals surface area contributed by atoms with E-state index in [9.17, 15) is 0 Å². The highest BCUT2D eigenvalue weighted by Gasteiger charge is 2.20. The minimum absolute atomic E-state index is 0.338. The van der Waals surface area contributed by atoms with Gasteiger partial charge in [0.25, 0.3) is 0 Å². The first-order chi connectivity index (χ1) is 7.84.